The molecule has 1 atom stereocenters. The van der Waals surface area contributed by atoms with Gasteiger partial charge >= 0.3 is 0 Å². The summed E-state index contributed by atoms with van der Waals surface area (Å²) in [6.45, 7) is 5.71. The predicted molar refractivity (Wildman–Crippen MR) is 59.6 cm³/mol. The molecule has 0 aliphatic heterocycles. The number of aromatic nitrogens is 2. The molecule has 0 spiro atoms. The highest BCUT2D eigenvalue weighted by atomic mass is 16.2. The number of nitrogens with one attached hydrogen (secondary N) is 1. The molecular formula is C10H18N4O. The van der Waals surface area contributed by atoms with E-state index in [4.69, 9.17) is 5.73 Å². The molecule has 1 amide bonds. The Hall–Kier alpha value is -1.36. The van der Waals surface area contributed by atoms with E-state index in [0.29, 0.717) is 6.42 Å². The van der Waals surface area contributed by atoms with Crippen LogP contribution in [0.4, 0.5) is 5.82 Å². The fraction of sp³-hybridized carbons (Fsp3) is 0.600. The predicted octanol–water partition coefficient (Wildman–Crippen LogP) is 0.713. The van der Waals surface area contributed by atoms with Gasteiger partial charge in [-0.15, -0.1) is 0 Å². The van der Waals surface area contributed by atoms with Crippen molar-refractivity contribution in [3.05, 3.63) is 11.3 Å². The number of anilines is 1. The maximum absolute atomic E-state index is 11.6. The van der Waals surface area contributed by atoms with Gasteiger partial charge in [0.05, 0.1) is 11.7 Å². The smallest absolute Gasteiger partial charge is 0.242 e. The van der Waals surface area contributed by atoms with Crippen LogP contribution in [0.15, 0.2) is 0 Å². The highest BCUT2D eigenvalue weighted by Crippen LogP contribution is 2.16. The van der Waals surface area contributed by atoms with Crippen LogP contribution < -0.4 is 11.1 Å². The number of amides is 1. The molecule has 1 aromatic rings. The van der Waals surface area contributed by atoms with E-state index in [1.807, 2.05) is 20.8 Å². The first-order valence-corrected chi connectivity index (χ1v) is 5.04. The number of rotatable bonds is 3. The van der Waals surface area contributed by atoms with Gasteiger partial charge in [0.1, 0.15) is 5.82 Å². The van der Waals surface area contributed by atoms with Crippen LogP contribution in [-0.4, -0.2) is 21.7 Å². The van der Waals surface area contributed by atoms with E-state index in [2.05, 4.69) is 10.4 Å². The summed E-state index contributed by atoms with van der Waals surface area (Å²) in [5.74, 6) is 0.560. The molecule has 1 aromatic heterocycles. The first-order valence-electron chi connectivity index (χ1n) is 5.04. The SMILES string of the molecule is CC[C@H](N)C(=O)Nc1c(C)c(C)nn1C. The Labute approximate surface area is 89.6 Å². The number of hydrogen-bond donors (Lipinski definition) is 2. The lowest BCUT2D eigenvalue weighted by Crippen LogP contribution is -2.35. The van der Waals surface area contributed by atoms with Crippen molar-refractivity contribution in [2.75, 3.05) is 5.32 Å². The summed E-state index contributed by atoms with van der Waals surface area (Å²) < 4.78 is 1.66. The minimum atomic E-state index is -0.459. The highest BCUT2D eigenvalue weighted by Gasteiger charge is 2.15. The van der Waals surface area contributed by atoms with Gasteiger partial charge in [0.2, 0.25) is 5.91 Å². The van der Waals surface area contributed by atoms with Crippen molar-refractivity contribution in [1.82, 2.24) is 9.78 Å². The van der Waals surface area contributed by atoms with Crippen LogP contribution in [0.2, 0.25) is 0 Å². The van der Waals surface area contributed by atoms with E-state index in [9.17, 15) is 4.79 Å². The normalized spacial score (nSPS) is 12.6. The number of carbonyl (C=O) groups excluding carboxylic acids is 1. The number of nitrogens with zero attached hydrogens (tertiary/aromatic N) is 2. The summed E-state index contributed by atoms with van der Waals surface area (Å²) in [7, 11) is 1.80. The quantitative estimate of drug-likeness (QED) is 0.771. The van der Waals surface area contributed by atoms with Crippen molar-refractivity contribution >= 4 is 11.7 Å². The fourth-order valence-corrected chi connectivity index (χ4v) is 1.33. The zero-order chi connectivity index (χ0) is 11.6. The van der Waals surface area contributed by atoms with Gasteiger partial charge in [0.25, 0.3) is 0 Å². The first-order chi connectivity index (χ1) is 6.97. The van der Waals surface area contributed by atoms with Crippen molar-refractivity contribution in [2.45, 2.75) is 33.2 Å². The molecule has 84 valence electrons. The Morgan fingerprint density at radius 1 is 1.60 bits per heavy atom. The minimum absolute atomic E-state index is 0.163. The molecule has 5 nitrogen and oxygen atoms in total. The average Bonchev–Trinajstić information content (AvgIpc) is 2.43. The van der Waals surface area contributed by atoms with Gasteiger partial charge in [-0.2, -0.15) is 5.10 Å². The lowest BCUT2D eigenvalue weighted by Gasteiger charge is -2.10. The Bertz CT molecular complexity index is 370. The van der Waals surface area contributed by atoms with Crippen molar-refractivity contribution in [2.24, 2.45) is 12.8 Å². The molecule has 0 bridgehead atoms. The van der Waals surface area contributed by atoms with Crippen molar-refractivity contribution < 1.29 is 4.79 Å². The van der Waals surface area contributed by atoms with E-state index in [1.54, 1.807) is 11.7 Å². The Morgan fingerprint density at radius 3 is 2.60 bits per heavy atom. The summed E-state index contributed by atoms with van der Waals surface area (Å²) >= 11 is 0. The lowest BCUT2D eigenvalue weighted by molar-refractivity contribution is -0.117. The molecular weight excluding hydrogens is 192 g/mol. The van der Waals surface area contributed by atoms with Crippen molar-refractivity contribution in [3.8, 4) is 0 Å². The van der Waals surface area contributed by atoms with E-state index in [1.165, 1.54) is 0 Å². The van der Waals surface area contributed by atoms with Crippen LogP contribution in [0, 0.1) is 13.8 Å². The molecule has 0 aromatic carbocycles. The van der Waals surface area contributed by atoms with E-state index < -0.39 is 6.04 Å². The van der Waals surface area contributed by atoms with Gasteiger partial charge in [0, 0.05) is 12.6 Å². The number of aryl methyl sites for hydroxylation is 2. The Balaban J connectivity index is 2.85. The largest absolute Gasteiger partial charge is 0.320 e. The Morgan fingerprint density at radius 2 is 2.20 bits per heavy atom. The highest BCUT2D eigenvalue weighted by molar-refractivity contribution is 5.94. The topological polar surface area (TPSA) is 72.9 Å². The molecule has 3 N–H and O–H groups in total. The molecule has 0 saturated carbocycles. The van der Waals surface area contributed by atoms with Crippen LogP contribution >= 0.6 is 0 Å². The third-order valence-electron chi connectivity index (χ3n) is 2.54. The second-order valence-electron chi connectivity index (χ2n) is 3.69. The van der Waals surface area contributed by atoms with Crippen LogP contribution in [0.25, 0.3) is 0 Å². The molecule has 1 heterocycles. The molecule has 1 rings (SSSR count). The number of nitrogens with two attached hydrogens (primary N) is 1. The van der Waals surface area contributed by atoms with Gasteiger partial charge in [-0.3, -0.25) is 9.48 Å². The monoisotopic (exact) mass is 210 g/mol. The summed E-state index contributed by atoms with van der Waals surface area (Å²) in [4.78, 5) is 11.6. The number of hydrogen-bond acceptors (Lipinski definition) is 3. The number of carbonyl (C=O) groups is 1. The lowest BCUT2D eigenvalue weighted by atomic mass is 10.2. The molecule has 0 unspecified atom stereocenters. The van der Waals surface area contributed by atoms with Crippen LogP contribution in [0.5, 0.6) is 0 Å². The van der Waals surface area contributed by atoms with Crippen molar-refractivity contribution in [1.29, 1.82) is 0 Å². The molecule has 0 fully saturated rings. The third-order valence-corrected chi connectivity index (χ3v) is 2.54. The zero-order valence-electron chi connectivity index (χ0n) is 9.66. The average molecular weight is 210 g/mol. The van der Waals surface area contributed by atoms with Gasteiger partial charge in [-0.1, -0.05) is 6.92 Å². The third kappa shape index (κ3) is 2.36. The summed E-state index contributed by atoms with van der Waals surface area (Å²) in [5, 5.41) is 7.00. The summed E-state index contributed by atoms with van der Waals surface area (Å²) in [6.07, 6.45) is 0.627. The molecule has 0 aliphatic carbocycles. The summed E-state index contributed by atoms with van der Waals surface area (Å²) in [5.41, 5.74) is 7.52. The molecule has 5 heteroatoms. The fourth-order valence-electron chi connectivity index (χ4n) is 1.33. The van der Waals surface area contributed by atoms with Crippen LogP contribution in [-0.2, 0) is 11.8 Å². The summed E-state index contributed by atoms with van der Waals surface area (Å²) in [6, 6.07) is -0.459. The Kier molecular flexibility index (Phi) is 3.47. The standard InChI is InChI=1S/C10H18N4O/c1-5-8(11)10(15)12-9-6(2)7(3)13-14(9)4/h8H,5,11H2,1-4H3,(H,12,15)/t8-/m0/s1. The second kappa shape index (κ2) is 4.44. The maximum Gasteiger partial charge on any atom is 0.242 e. The van der Waals surface area contributed by atoms with Crippen LogP contribution in [0.3, 0.4) is 0 Å². The zero-order valence-corrected chi connectivity index (χ0v) is 9.66. The first kappa shape index (κ1) is 11.7. The van der Waals surface area contributed by atoms with Gasteiger partial charge in [-0.25, -0.2) is 0 Å². The van der Waals surface area contributed by atoms with E-state index >= 15 is 0 Å². The molecule has 0 aliphatic rings. The van der Waals surface area contributed by atoms with Crippen molar-refractivity contribution in [3.63, 3.8) is 0 Å². The van der Waals surface area contributed by atoms with Gasteiger partial charge in [0.15, 0.2) is 0 Å². The van der Waals surface area contributed by atoms with Gasteiger partial charge in [-0.05, 0) is 20.3 Å². The van der Waals surface area contributed by atoms with Crippen LogP contribution in [0.1, 0.15) is 24.6 Å². The molecule has 0 saturated heterocycles. The maximum atomic E-state index is 11.6. The van der Waals surface area contributed by atoms with E-state index in [-0.39, 0.29) is 5.91 Å². The van der Waals surface area contributed by atoms with E-state index in [0.717, 1.165) is 17.1 Å². The minimum Gasteiger partial charge on any atom is -0.320 e. The molecule has 0 radical (unpaired) electrons. The van der Waals surface area contributed by atoms with Gasteiger partial charge < -0.3 is 11.1 Å². The molecule has 15 heavy (non-hydrogen) atoms. The second-order valence-corrected chi connectivity index (χ2v) is 3.69.